The largest absolute Gasteiger partial charge is 0.394 e. The maximum absolute atomic E-state index is 13.8. The summed E-state index contributed by atoms with van der Waals surface area (Å²) in [5.74, 6) is -0.769. The number of benzene rings is 1. The molecule has 29 heavy (non-hydrogen) atoms. The van der Waals surface area contributed by atoms with Crippen LogP contribution < -0.4 is 0 Å². The number of nitrogens with zero attached hydrogens (tertiary/aromatic N) is 3. The monoisotopic (exact) mass is 421 g/mol. The number of hydrogen-bond acceptors (Lipinski definition) is 6. The van der Waals surface area contributed by atoms with Gasteiger partial charge in [-0.1, -0.05) is 11.8 Å². The molecule has 0 amide bonds. The Labute approximate surface area is 171 Å². The quantitative estimate of drug-likeness (QED) is 0.409. The number of ether oxygens (including phenoxy) is 1. The van der Waals surface area contributed by atoms with Crippen molar-refractivity contribution in [1.82, 2.24) is 14.5 Å². The molecule has 1 unspecified atom stereocenters. The lowest BCUT2D eigenvalue weighted by Gasteiger charge is -2.13. The zero-order chi connectivity index (χ0) is 20.8. The van der Waals surface area contributed by atoms with E-state index in [1.54, 1.807) is 25.3 Å². The molecule has 0 radical (unpaired) electrons. The number of aliphatic hydroxyl groups is 2. The number of pyridine rings is 1. The van der Waals surface area contributed by atoms with E-state index in [1.165, 1.54) is 36.2 Å². The van der Waals surface area contributed by atoms with Gasteiger partial charge in [0, 0.05) is 42.8 Å². The van der Waals surface area contributed by atoms with E-state index in [9.17, 15) is 13.9 Å². The van der Waals surface area contributed by atoms with E-state index >= 15 is 0 Å². The molecule has 3 aromatic rings. The van der Waals surface area contributed by atoms with Gasteiger partial charge in [0.1, 0.15) is 5.82 Å². The van der Waals surface area contributed by atoms with E-state index in [2.05, 4.69) is 9.97 Å². The van der Waals surface area contributed by atoms with Crippen molar-refractivity contribution in [2.24, 2.45) is 0 Å². The van der Waals surface area contributed by atoms with Gasteiger partial charge in [0.15, 0.2) is 5.16 Å². The van der Waals surface area contributed by atoms with Crippen LogP contribution in [0.2, 0.25) is 0 Å². The molecular formula is C20H21F2N3O3S. The van der Waals surface area contributed by atoms with Crippen LogP contribution in [0.4, 0.5) is 8.78 Å². The van der Waals surface area contributed by atoms with E-state index in [1.807, 2.05) is 4.57 Å². The zero-order valence-corrected chi connectivity index (χ0v) is 16.6. The smallest absolute Gasteiger partial charge is 0.213 e. The number of methoxy groups -OCH3 is 1. The summed E-state index contributed by atoms with van der Waals surface area (Å²) in [6, 6.07) is 8.87. The van der Waals surface area contributed by atoms with Crippen LogP contribution in [0.25, 0.3) is 22.5 Å². The summed E-state index contributed by atoms with van der Waals surface area (Å²) >= 11 is 1.26. The van der Waals surface area contributed by atoms with Crippen LogP contribution in [-0.2, 0) is 11.3 Å². The highest BCUT2D eigenvalue weighted by Crippen LogP contribution is 2.36. The van der Waals surface area contributed by atoms with Crippen molar-refractivity contribution >= 4 is 11.8 Å². The molecule has 0 saturated carbocycles. The Bertz CT molecular complexity index is 951. The molecule has 2 heterocycles. The minimum absolute atomic E-state index is 0.230. The minimum atomic E-state index is -0.899. The van der Waals surface area contributed by atoms with Gasteiger partial charge < -0.3 is 19.5 Å². The van der Waals surface area contributed by atoms with Crippen LogP contribution in [0, 0.1) is 11.8 Å². The van der Waals surface area contributed by atoms with Crippen molar-refractivity contribution in [3.05, 3.63) is 54.4 Å². The zero-order valence-electron chi connectivity index (χ0n) is 15.8. The number of hydrogen-bond donors (Lipinski definition) is 2. The molecular weight excluding hydrogens is 400 g/mol. The van der Waals surface area contributed by atoms with Gasteiger partial charge in [-0.2, -0.15) is 4.39 Å². The number of rotatable bonds is 9. The maximum Gasteiger partial charge on any atom is 0.213 e. The SMILES string of the molecule is COCCn1c(SCC(O)CO)nc(-c2ccc(F)cc2)c1-c1ccnc(F)c1. The maximum atomic E-state index is 13.8. The highest BCUT2D eigenvalue weighted by Gasteiger charge is 2.21. The summed E-state index contributed by atoms with van der Waals surface area (Å²) in [5.41, 5.74) is 2.41. The third kappa shape index (κ3) is 5.18. The molecule has 2 aromatic heterocycles. The predicted molar refractivity (Wildman–Crippen MR) is 107 cm³/mol. The molecule has 0 fully saturated rings. The van der Waals surface area contributed by atoms with E-state index in [-0.39, 0.29) is 18.2 Å². The van der Waals surface area contributed by atoms with Gasteiger partial charge in [0.05, 0.1) is 30.7 Å². The van der Waals surface area contributed by atoms with Crippen LogP contribution >= 0.6 is 11.8 Å². The Balaban J connectivity index is 2.16. The highest BCUT2D eigenvalue weighted by molar-refractivity contribution is 7.99. The Morgan fingerprint density at radius 1 is 1.17 bits per heavy atom. The fourth-order valence-corrected chi connectivity index (χ4v) is 3.75. The number of thioether (sulfide) groups is 1. The second-order valence-corrected chi connectivity index (χ2v) is 7.24. The molecule has 1 aromatic carbocycles. The van der Waals surface area contributed by atoms with E-state index in [4.69, 9.17) is 9.84 Å². The number of imidazole rings is 1. The normalized spacial score (nSPS) is 12.3. The fraction of sp³-hybridized carbons (Fsp3) is 0.300. The molecule has 0 aliphatic rings. The van der Waals surface area contributed by atoms with Gasteiger partial charge in [-0.25, -0.2) is 14.4 Å². The molecule has 9 heteroatoms. The van der Waals surface area contributed by atoms with Crippen LogP contribution in [-0.4, -0.2) is 56.9 Å². The second kappa shape index (κ2) is 9.93. The molecule has 0 spiro atoms. The third-order valence-electron chi connectivity index (χ3n) is 4.18. The molecule has 1 atom stereocenters. The summed E-state index contributed by atoms with van der Waals surface area (Å²) in [5, 5.41) is 19.4. The van der Waals surface area contributed by atoms with Crippen molar-refractivity contribution in [1.29, 1.82) is 0 Å². The molecule has 0 bridgehead atoms. The fourth-order valence-electron chi connectivity index (χ4n) is 2.81. The molecule has 0 aliphatic carbocycles. The first-order valence-corrected chi connectivity index (χ1v) is 9.91. The number of halogens is 2. The second-order valence-electron chi connectivity index (χ2n) is 6.26. The Morgan fingerprint density at radius 2 is 1.93 bits per heavy atom. The van der Waals surface area contributed by atoms with Gasteiger partial charge in [-0.3, -0.25) is 0 Å². The number of aromatic nitrogens is 3. The van der Waals surface area contributed by atoms with Crippen LogP contribution in [0.5, 0.6) is 0 Å². The molecule has 6 nitrogen and oxygen atoms in total. The third-order valence-corrected chi connectivity index (χ3v) is 5.31. The lowest BCUT2D eigenvalue weighted by atomic mass is 10.1. The van der Waals surface area contributed by atoms with Gasteiger partial charge >= 0.3 is 0 Å². The summed E-state index contributed by atoms with van der Waals surface area (Å²) in [6.07, 6.45) is 0.471. The first kappa shape index (κ1) is 21.4. The molecule has 0 aliphatic heterocycles. The first-order chi connectivity index (χ1) is 14.0. The average molecular weight is 421 g/mol. The van der Waals surface area contributed by atoms with E-state index in [0.717, 1.165) is 0 Å². The van der Waals surface area contributed by atoms with Crippen molar-refractivity contribution < 1.29 is 23.7 Å². The van der Waals surface area contributed by atoms with E-state index < -0.39 is 12.1 Å². The average Bonchev–Trinajstić information content (AvgIpc) is 3.09. The van der Waals surface area contributed by atoms with Crippen molar-refractivity contribution in [3.8, 4) is 22.5 Å². The summed E-state index contributed by atoms with van der Waals surface area (Å²) in [6.45, 7) is 0.455. The Hall–Kier alpha value is -2.33. The topological polar surface area (TPSA) is 80.4 Å². The van der Waals surface area contributed by atoms with Crippen LogP contribution in [0.3, 0.4) is 0 Å². The van der Waals surface area contributed by atoms with Gasteiger partial charge in [-0.05, 0) is 30.3 Å². The van der Waals surface area contributed by atoms with Gasteiger partial charge in [-0.15, -0.1) is 0 Å². The predicted octanol–water partition coefficient (Wildman–Crippen LogP) is 2.98. The van der Waals surface area contributed by atoms with Crippen molar-refractivity contribution in [2.75, 3.05) is 26.1 Å². The first-order valence-electron chi connectivity index (χ1n) is 8.92. The van der Waals surface area contributed by atoms with Gasteiger partial charge in [0.25, 0.3) is 0 Å². The van der Waals surface area contributed by atoms with Gasteiger partial charge in [0.2, 0.25) is 5.95 Å². The molecule has 154 valence electrons. The summed E-state index contributed by atoms with van der Waals surface area (Å²) < 4.78 is 34.3. The van der Waals surface area contributed by atoms with Crippen molar-refractivity contribution in [2.45, 2.75) is 17.8 Å². The Kier molecular flexibility index (Phi) is 7.32. The molecule has 0 saturated heterocycles. The Morgan fingerprint density at radius 3 is 2.59 bits per heavy atom. The molecule has 2 N–H and O–H groups in total. The van der Waals surface area contributed by atoms with E-state index in [0.29, 0.717) is 40.8 Å². The van der Waals surface area contributed by atoms with Crippen LogP contribution in [0.1, 0.15) is 0 Å². The lowest BCUT2D eigenvalue weighted by molar-refractivity contribution is 0.113. The van der Waals surface area contributed by atoms with Crippen LogP contribution in [0.15, 0.2) is 47.8 Å². The lowest BCUT2D eigenvalue weighted by Crippen LogP contribution is -2.15. The summed E-state index contributed by atoms with van der Waals surface area (Å²) in [7, 11) is 1.58. The van der Waals surface area contributed by atoms with Crippen molar-refractivity contribution in [3.63, 3.8) is 0 Å². The number of aliphatic hydroxyl groups excluding tert-OH is 2. The summed E-state index contributed by atoms with van der Waals surface area (Å²) in [4.78, 5) is 8.30. The highest BCUT2D eigenvalue weighted by atomic mass is 32.2. The standard InChI is InChI=1S/C20H21F2N3O3S/c1-28-9-8-25-19(14-6-7-23-17(22)10-14)18(13-2-4-15(21)5-3-13)24-20(25)29-12-16(27)11-26/h2-7,10,16,26-27H,8-9,11-12H2,1H3. The minimum Gasteiger partial charge on any atom is -0.394 e. The molecule has 3 rings (SSSR count).